The Labute approximate surface area is 135 Å². The molecule has 5 heteroatoms. The fourth-order valence-corrected chi connectivity index (χ4v) is 2.36. The molecule has 0 fully saturated rings. The molecule has 0 saturated heterocycles. The lowest BCUT2D eigenvalue weighted by Gasteiger charge is -2.25. The molecule has 0 unspecified atom stereocenters. The summed E-state index contributed by atoms with van der Waals surface area (Å²) in [6.45, 7) is 3.18. The second-order valence-corrected chi connectivity index (χ2v) is 5.54. The topological polar surface area (TPSA) is 89.4 Å². The molecule has 0 atom stereocenters. The van der Waals surface area contributed by atoms with Gasteiger partial charge in [0.05, 0.1) is 0 Å². The van der Waals surface area contributed by atoms with E-state index in [4.69, 9.17) is 11.5 Å². The van der Waals surface area contributed by atoms with Crippen LogP contribution in [0.25, 0.3) is 0 Å². The highest BCUT2D eigenvalue weighted by molar-refractivity contribution is 5.92. The van der Waals surface area contributed by atoms with Gasteiger partial charge < -0.3 is 16.4 Å². The smallest absolute Gasteiger partial charge is 0.248 e. The quantitative estimate of drug-likeness (QED) is 0.819. The van der Waals surface area contributed by atoms with Crippen LogP contribution in [0.5, 0.6) is 0 Å². The summed E-state index contributed by atoms with van der Waals surface area (Å²) in [6, 6.07) is 15.2. The van der Waals surface area contributed by atoms with Gasteiger partial charge in [-0.05, 0) is 42.3 Å². The number of carbonyl (C=O) groups is 2. The molecular formula is C18H21N3O2. The molecule has 2 aromatic rings. The number of benzene rings is 2. The fourth-order valence-electron chi connectivity index (χ4n) is 2.36. The van der Waals surface area contributed by atoms with Gasteiger partial charge in [0.2, 0.25) is 11.8 Å². The van der Waals surface area contributed by atoms with Gasteiger partial charge in [-0.2, -0.15) is 0 Å². The number of hydrogen-bond acceptors (Lipinski definition) is 3. The van der Waals surface area contributed by atoms with Crippen LogP contribution in [0.15, 0.2) is 48.5 Å². The summed E-state index contributed by atoms with van der Waals surface area (Å²) >= 11 is 0. The zero-order valence-electron chi connectivity index (χ0n) is 13.2. The average molecular weight is 311 g/mol. The van der Waals surface area contributed by atoms with E-state index in [9.17, 15) is 9.59 Å². The van der Waals surface area contributed by atoms with Crippen molar-refractivity contribution in [2.45, 2.75) is 19.9 Å². The molecule has 0 spiro atoms. The highest BCUT2D eigenvalue weighted by Crippen LogP contribution is 2.19. The molecule has 5 nitrogen and oxygen atoms in total. The van der Waals surface area contributed by atoms with Crippen LogP contribution in [0.1, 0.15) is 27.9 Å². The van der Waals surface area contributed by atoms with Crippen molar-refractivity contribution in [2.24, 2.45) is 11.5 Å². The van der Waals surface area contributed by atoms with Gasteiger partial charge in [-0.15, -0.1) is 0 Å². The Morgan fingerprint density at radius 1 is 1.04 bits per heavy atom. The van der Waals surface area contributed by atoms with E-state index in [1.165, 1.54) is 0 Å². The summed E-state index contributed by atoms with van der Waals surface area (Å²) in [7, 11) is 0. The van der Waals surface area contributed by atoms with E-state index < -0.39 is 5.91 Å². The number of nitrogens with zero attached hydrogens (tertiary/aromatic N) is 1. The number of rotatable bonds is 7. The zero-order valence-corrected chi connectivity index (χ0v) is 13.2. The molecule has 2 amide bonds. The molecule has 0 saturated carbocycles. The predicted octanol–water partition coefficient (Wildman–Crippen LogP) is 1.98. The van der Waals surface area contributed by atoms with E-state index in [1.54, 1.807) is 12.1 Å². The number of carbonyl (C=O) groups excluding carboxylic acids is 2. The van der Waals surface area contributed by atoms with Gasteiger partial charge in [0.25, 0.3) is 0 Å². The summed E-state index contributed by atoms with van der Waals surface area (Å²) in [6.07, 6.45) is 0.285. The molecular weight excluding hydrogens is 290 g/mol. The standard InChI is InChI=1S/C18H21N3O2/c1-13-3-2-4-16(11-13)21(10-9-17(19)22)12-14-5-7-15(8-6-14)18(20)23/h2-8,11H,9-10,12H2,1H3,(H2,19,22)(H2,20,23). The maximum Gasteiger partial charge on any atom is 0.248 e. The minimum Gasteiger partial charge on any atom is -0.370 e. The van der Waals surface area contributed by atoms with Crippen molar-refractivity contribution in [3.63, 3.8) is 0 Å². The van der Waals surface area contributed by atoms with Crippen LogP contribution in [0.2, 0.25) is 0 Å². The first-order valence-corrected chi connectivity index (χ1v) is 7.44. The largest absolute Gasteiger partial charge is 0.370 e. The normalized spacial score (nSPS) is 10.3. The van der Waals surface area contributed by atoms with Crippen molar-refractivity contribution in [1.29, 1.82) is 0 Å². The molecule has 0 bridgehead atoms. The van der Waals surface area contributed by atoms with Crippen LogP contribution >= 0.6 is 0 Å². The lowest BCUT2D eigenvalue weighted by molar-refractivity contribution is -0.117. The Kier molecular flexibility index (Phi) is 5.36. The van der Waals surface area contributed by atoms with Gasteiger partial charge >= 0.3 is 0 Å². The van der Waals surface area contributed by atoms with E-state index in [0.29, 0.717) is 18.7 Å². The number of aryl methyl sites for hydroxylation is 1. The third-order valence-electron chi connectivity index (χ3n) is 3.61. The minimum atomic E-state index is -0.444. The molecule has 2 aromatic carbocycles. The van der Waals surface area contributed by atoms with Crippen molar-refractivity contribution in [3.05, 3.63) is 65.2 Å². The summed E-state index contributed by atoms with van der Waals surface area (Å²) in [5.41, 5.74) is 14.2. The van der Waals surface area contributed by atoms with Gasteiger partial charge in [-0.25, -0.2) is 0 Å². The second-order valence-electron chi connectivity index (χ2n) is 5.54. The summed E-state index contributed by atoms with van der Waals surface area (Å²) in [5.74, 6) is -0.771. The summed E-state index contributed by atoms with van der Waals surface area (Å²) < 4.78 is 0. The van der Waals surface area contributed by atoms with Crippen molar-refractivity contribution >= 4 is 17.5 Å². The minimum absolute atomic E-state index is 0.285. The molecule has 0 aromatic heterocycles. The average Bonchev–Trinajstić information content (AvgIpc) is 2.51. The van der Waals surface area contributed by atoms with E-state index >= 15 is 0 Å². The zero-order chi connectivity index (χ0) is 16.8. The monoisotopic (exact) mass is 311 g/mol. The van der Waals surface area contributed by atoms with Crippen molar-refractivity contribution in [1.82, 2.24) is 0 Å². The number of nitrogens with two attached hydrogens (primary N) is 2. The molecule has 0 heterocycles. The molecule has 0 aliphatic rings. The highest BCUT2D eigenvalue weighted by atomic mass is 16.1. The third-order valence-corrected chi connectivity index (χ3v) is 3.61. The highest BCUT2D eigenvalue weighted by Gasteiger charge is 2.10. The van der Waals surface area contributed by atoms with Crippen molar-refractivity contribution < 1.29 is 9.59 Å². The summed E-state index contributed by atoms with van der Waals surface area (Å²) in [5, 5.41) is 0. The Hall–Kier alpha value is -2.82. The lowest BCUT2D eigenvalue weighted by Crippen LogP contribution is -2.27. The molecule has 0 aliphatic heterocycles. The summed E-state index contributed by atoms with van der Waals surface area (Å²) in [4.78, 5) is 24.3. The molecule has 120 valence electrons. The molecule has 0 aliphatic carbocycles. The van der Waals surface area contributed by atoms with E-state index in [-0.39, 0.29) is 12.3 Å². The van der Waals surface area contributed by atoms with Crippen LogP contribution < -0.4 is 16.4 Å². The maximum absolute atomic E-state index is 11.1. The molecule has 0 radical (unpaired) electrons. The number of hydrogen-bond donors (Lipinski definition) is 2. The van der Waals surface area contributed by atoms with Crippen LogP contribution in [-0.2, 0) is 11.3 Å². The first-order chi connectivity index (χ1) is 11.0. The first-order valence-electron chi connectivity index (χ1n) is 7.44. The van der Waals surface area contributed by atoms with Crippen molar-refractivity contribution in [3.8, 4) is 0 Å². The predicted molar refractivity (Wildman–Crippen MR) is 91.0 cm³/mol. The number of amides is 2. The van der Waals surface area contributed by atoms with Gasteiger partial charge in [0.1, 0.15) is 0 Å². The number of anilines is 1. The Bertz CT molecular complexity index is 696. The van der Waals surface area contributed by atoms with Crippen LogP contribution in [0.3, 0.4) is 0 Å². The van der Waals surface area contributed by atoms with Crippen LogP contribution in [0, 0.1) is 6.92 Å². The van der Waals surface area contributed by atoms with Gasteiger partial charge in [-0.3, -0.25) is 9.59 Å². The SMILES string of the molecule is Cc1cccc(N(CCC(N)=O)Cc2ccc(C(N)=O)cc2)c1. The Morgan fingerprint density at radius 2 is 1.74 bits per heavy atom. The molecule has 23 heavy (non-hydrogen) atoms. The van der Waals surface area contributed by atoms with E-state index in [2.05, 4.69) is 11.0 Å². The Balaban J connectivity index is 2.19. The molecule has 2 rings (SSSR count). The number of primary amides is 2. The van der Waals surface area contributed by atoms with Gasteiger partial charge in [0.15, 0.2) is 0 Å². The molecule has 4 N–H and O–H groups in total. The van der Waals surface area contributed by atoms with E-state index in [0.717, 1.165) is 16.8 Å². The van der Waals surface area contributed by atoms with Crippen molar-refractivity contribution in [2.75, 3.05) is 11.4 Å². The fraction of sp³-hybridized carbons (Fsp3) is 0.222. The second kappa shape index (κ2) is 7.45. The maximum atomic E-state index is 11.1. The van der Waals surface area contributed by atoms with Gasteiger partial charge in [-0.1, -0.05) is 24.3 Å². The van der Waals surface area contributed by atoms with Gasteiger partial charge in [0, 0.05) is 30.8 Å². The van der Waals surface area contributed by atoms with Crippen LogP contribution in [0.4, 0.5) is 5.69 Å². The van der Waals surface area contributed by atoms with Crippen LogP contribution in [-0.4, -0.2) is 18.4 Å². The first kappa shape index (κ1) is 16.5. The van der Waals surface area contributed by atoms with E-state index in [1.807, 2.05) is 37.3 Å². The Morgan fingerprint density at radius 3 is 2.30 bits per heavy atom. The third kappa shape index (κ3) is 4.85. The lowest BCUT2D eigenvalue weighted by atomic mass is 10.1.